The normalized spacial score (nSPS) is 12.9. The van der Waals surface area contributed by atoms with Crippen LogP contribution in [0.2, 0.25) is 0 Å². The molecular formula is C11H13F3N4. The molecule has 0 bridgehead atoms. The molecular weight excluding hydrogens is 245 g/mol. The number of anilines is 2. The second-order valence-electron chi connectivity index (χ2n) is 4.04. The third kappa shape index (κ3) is 3.26. The monoisotopic (exact) mass is 258 g/mol. The Kier molecular flexibility index (Phi) is 4.01. The largest absolute Gasteiger partial charge is 0.433 e. The second-order valence-corrected chi connectivity index (χ2v) is 4.04. The van der Waals surface area contributed by atoms with Gasteiger partial charge >= 0.3 is 6.18 Å². The molecule has 2 N–H and O–H groups in total. The highest BCUT2D eigenvalue weighted by molar-refractivity contribution is 5.66. The summed E-state index contributed by atoms with van der Waals surface area (Å²) >= 11 is 0. The summed E-state index contributed by atoms with van der Waals surface area (Å²) in [7, 11) is 1.58. The number of rotatable bonds is 3. The maximum absolute atomic E-state index is 12.5. The van der Waals surface area contributed by atoms with E-state index in [1.165, 1.54) is 4.90 Å². The Hall–Kier alpha value is -1.97. The van der Waals surface area contributed by atoms with Gasteiger partial charge in [0.25, 0.3) is 0 Å². The molecule has 0 saturated carbocycles. The van der Waals surface area contributed by atoms with Crippen LogP contribution in [0.15, 0.2) is 12.3 Å². The average Bonchev–Trinajstić information content (AvgIpc) is 2.27. The lowest BCUT2D eigenvalue weighted by Crippen LogP contribution is -2.25. The minimum absolute atomic E-state index is 0.149. The fraction of sp³-hybridized carbons (Fsp3) is 0.455. The summed E-state index contributed by atoms with van der Waals surface area (Å²) in [6.07, 6.45) is -3.53. The summed E-state index contributed by atoms with van der Waals surface area (Å²) in [5.74, 6) is -0.308. The molecule has 4 nitrogen and oxygen atoms in total. The Morgan fingerprint density at radius 2 is 2.17 bits per heavy atom. The fourth-order valence-corrected chi connectivity index (χ4v) is 1.49. The van der Waals surface area contributed by atoms with Crippen LogP contribution >= 0.6 is 0 Å². The van der Waals surface area contributed by atoms with Gasteiger partial charge in [-0.25, -0.2) is 4.98 Å². The molecule has 1 aromatic heterocycles. The van der Waals surface area contributed by atoms with E-state index in [4.69, 9.17) is 11.0 Å². The first-order valence-corrected chi connectivity index (χ1v) is 5.19. The highest BCUT2D eigenvalue weighted by atomic mass is 19.4. The molecule has 98 valence electrons. The third-order valence-electron chi connectivity index (χ3n) is 2.38. The van der Waals surface area contributed by atoms with Crippen molar-refractivity contribution in [1.82, 2.24) is 4.98 Å². The molecule has 18 heavy (non-hydrogen) atoms. The van der Waals surface area contributed by atoms with Crippen molar-refractivity contribution in [2.75, 3.05) is 24.2 Å². The van der Waals surface area contributed by atoms with E-state index in [-0.39, 0.29) is 17.3 Å². The minimum atomic E-state index is -4.51. The molecule has 1 aromatic rings. The van der Waals surface area contributed by atoms with E-state index in [0.717, 1.165) is 12.3 Å². The molecule has 0 radical (unpaired) electrons. The van der Waals surface area contributed by atoms with Crippen LogP contribution in [0.1, 0.15) is 12.6 Å². The number of nitrogens with zero attached hydrogens (tertiary/aromatic N) is 3. The van der Waals surface area contributed by atoms with Crippen molar-refractivity contribution in [2.24, 2.45) is 5.92 Å². The van der Waals surface area contributed by atoms with Gasteiger partial charge in [-0.3, -0.25) is 0 Å². The van der Waals surface area contributed by atoms with Gasteiger partial charge in [-0.2, -0.15) is 18.4 Å². The molecule has 7 heteroatoms. The van der Waals surface area contributed by atoms with Crippen LogP contribution in [0.3, 0.4) is 0 Å². The smallest absolute Gasteiger partial charge is 0.396 e. The number of nitriles is 1. The minimum Gasteiger partial charge on any atom is -0.396 e. The molecule has 0 amide bonds. The van der Waals surface area contributed by atoms with E-state index in [1.54, 1.807) is 14.0 Å². The van der Waals surface area contributed by atoms with E-state index in [1.807, 2.05) is 6.07 Å². The molecule has 0 aromatic carbocycles. The zero-order valence-electron chi connectivity index (χ0n) is 9.99. The third-order valence-corrected chi connectivity index (χ3v) is 2.38. The number of hydrogen-bond donors (Lipinski definition) is 1. The fourth-order valence-electron chi connectivity index (χ4n) is 1.49. The van der Waals surface area contributed by atoms with E-state index in [2.05, 4.69) is 4.98 Å². The van der Waals surface area contributed by atoms with Crippen molar-refractivity contribution < 1.29 is 13.2 Å². The van der Waals surface area contributed by atoms with Gasteiger partial charge in [-0.05, 0) is 13.0 Å². The van der Waals surface area contributed by atoms with Crippen LogP contribution in [0.4, 0.5) is 24.5 Å². The van der Waals surface area contributed by atoms with Gasteiger partial charge < -0.3 is 10.6 Å². The first-order valence-electron chi connectivity index (χ1n) is 5.19. The van der Waals surface area contributed by atoms with Gasteiger partial charge in [0, 0.05) is 13.6 Å². The number of halogens is 3. The average molecular weight is 258 g/mol. The maximum Gasteiger partial charge on any atom is 0.433 e. The second kappa shape index (κ2) is 5.12. The highest BCUT2D eigenvalue weighted by Crippen LogP contribution is 2.32. The van der Waals surface area contributed by atoms with Gasteiger partial charge in [0.2, 0.25) is 0 Å². The standard InChI is InChI=1S/C11H13F3N4/c1-7(4-15)6-18(2)9-3-10(11(12,13)14)17-5-8(9)16/h3,5,7H,6,16H2,1-2H3. The first kappa shape index (κ1) is 14.1. The van der Waals surface area contributed by atoms with Gasteiger partial charge in [-0.1, -0.05) is 0 Å². The number of nitrogen functional groups attached to an aromatic ring is 1. The molecule has 1 atom stereocenters. The molecule has 1 heterocycles. The van der Waals surface area contributed by atoms with Crippen LogP contribution in [0.5, 0.6) is 0 Å². The summed E-state index contributed by atoms with van der Waals surface area (Å²) in [5.41, 5.74) is 4.97. The molecule has 1 unspecified atom stereocenters. The van der Waals surface area contributed by atoms with Gasteiger partial charge in [-0.15, -0.1) is 0 Å². The van der Waals surface area contributed by atoms with Crippen LogP contribution in [0, 0.1) is 17.2 Å². The Morgan fingerprint density at radius 1 is 1.56 bits per heavy atom. The van der Waals surface area contributed by atoms with Crippen molar-refractivity contribution in [3.8, 4) is 6.07 Å². The summed E-state index contributed by atoms with van der Waals surface area (Å²) in [6.45, 7) is 1.97. The Morgan fingerprint density at radius 3 is 2.67 bits per heavy atom. The molecule has 1 rings (SSSR count). The lowest BCUT2D eigenvalue weighted by molar-refractivity contribution is -0.141. The summed E-state index contributed by atoms with van der Waals surface area (Å²) in [4.78, 5) is 4.76. The molecule has 0 aliphatic rings. The van der Waals surface area contributed by atoms with Crippen LogP contribution in [-0.2, 0) is 6.18 Å². The van der Waals surface area contributed by atoms with Crippen LogP contribution in [-0.4, -0.2) is 18.6 Å². The number of nitrogens with two attached hydrogens (primary N) is 1. The molecule has 0 aliphatic carbocycles. The van der Waals surface area contributed by atoms with Crippen LogP contribution in [0.25, 0.3) is 0 Å². The van der Waals surface area contributed by atoms with Gasteiger partial charge in [0.1, 0.15) is 5.69 Å². The highest BCUT2D eigenvalue weighted by Gasteiger charge is 2.33. The van der Waals surface area contributed by atoms with Gasteiger partial charge in [0.05, 0.1) is 29.6 Å². The first-order chi connectivity index (χ1) is 8.25. The van der Waals surface area contributed by atoms with Crippen molar-refractivity contribution in [3.63, 3.8) is 0 Å². The molecule has 0 spiro atoms. The molecule has 0 aliphatic heterocycles. The van der Waals surface area contributed by atoms with E-state index in [0.29, 0.717) is 6.54 Å². The van der Waals surface area contributed by atoms with Crippen molar-refractivity contribution >= 4 is 11.4 Å². The lowest BCUT2D eigenvalue weighted by Gasteiger charge is -2.22. The summed E-state index contributed by atoms with van der Waals surface area (Å²) in [5, 5.41) is 8.68. The van der Waals surface area contributed by atoms with E-state index in [9.17, 15) is 13.2 Å². The number of aromatic nitrogens is 1. The quantitative estimate of drug-likeness (QED) is 0.903. The zero-order chi connectivity index (χ0) is 13.9. The summed E-state index contributed by atoms with van der Waals surface area (Å²) < 4.78 is 37.6. The Labute approximate surface area is 103 Å². The SMILES string of the molecule is CC(C#N)CN(C)c1cc(C(F)(F)F)ncc1N. The van der Waals surface area contributed by atoms with Gasteiger partial charge in [0.15, 0.2) is 0 Å². The maximum atomic E-state index is 12.5. The lowest BCUT2D eigenvalue weighted by atomic mass is 10.2. The van der Waals surface area contributed by atoms with E-state index < -0.39 is 11.9 Å². The summed E-state index contributed by atoms with van der Waals surface area (Å²) in [6, 6.07) is 2.90. The number of pyridine rings is 1. The number of hydrogen-bond acceptors (Lipinski definition) is 4. The molecule has 0 saturated heterocycles. The topological polar surface area (TPSA) is 65.9 Å². The Bertz CT molecular complexity index is 464. The molecule has 0 fully saturated rings. The zero-order valence-corrected chi connectivity index (χ0v) is 9.99. The van der Waals surface area contributed by atoms with Crippen molar-refractivity contribution in [1.29, 1.82) is 5.26 Å². The van der Waals surface area contributed by atoms with E-state index >= 15 is 0 Å². The van der Waals surface area contributed by atoms with Crippen molar-refractivity contribution in [2.45, 2.75) is 13.1 Å². The predicted molar refractivity (Wildman–Crippen MR) is 61.7 cm³/mol. The predicted octanol–water partition coefficient (Wildman–Crippen LogP) is 2.28. The van der Waals surface area contributed by atoms with Crippen LogP contribution < -0.4 is 10.6 Å². The number of alkyl halides is 3. The van der Waals surface area contributed by atoms with Crippen molar-refractivity contribution in [3.05, 3.63) is 18.0 Å². The Balaban J connectivity index is 3.05.